The number of piperidine rings is 1. The first-order chi connectivity index (χ1) is 13.8. The lowest BCUT2D eigenvalue weighted by molar-refractivity contribution is 0.191. The molecule has 3 heterocycles. The second-order valence-corrected chi connectivity index (χ2v) is 6.74. The number of benzene rings is 1. The minimum atomic E-state index is 0.265. The van der Waals surface area contributed by atoms with E-state index in [2.05, 4.69) is 31.1 Å². The van der Waals surface area contributed by atoms with Crippen molar-refractivity contribution in [2.75, 3.05) is 27.3 Å². The monoisotopic (exact) mass is 381 g/mol. The molecule has 0 bridgehead atoms. The number of nitrogens with zero attached hydrogens (tertiary/aromatic N) is 5. The molecule has 2 aromatic heterocycles. The summed E-state index contributed by atoms with van der Waals surface area (Å²) in [5.74, 6) is 2.93. The number of hydrogen-bond acceptors (Lipinski definition) is 8. The highest BCUT2D eigenvalue weighted by molar-refractivity contribution is 5.46. The van der Waals surface area contributed by atoms with Crippen LogP contribution in [-0.4, -0.2) is 52.4 Å². The van der Waals surface area contributed by atoms with Crippen LogP contribution in [0, 0.1) is 0 Å². The maximum absolute atomic E-state index is 5.85. The van der Waals surface area contributed by atoms with Crippen molar-refractivity contribution in [1.29, 1.82) is 0 Å². The largest absolute Gasteiger partial charge is 0.493 e. The molecular weight excluding hydrogens is 358 g/mol. The van der Waals surface area contributed by atoms with Crippen LogP contribution in [0.3, 0.4) is 0 Å². The maximum Gasteiger partial charge on any atom is 0.267 e. The molecule has 0 saturated carbocycles. The highest BCUT2D eigenvalue weighted by Crippen LogP contribution is 2.34. The van der Waals surface area contributed by atoms with Crippen molar-refractivity contribution < 1.29 is 13.9 Å². The Bertz CT molecular complexity index is 907. The molecule has 146 valence electrons. The van der Waals surface area contributed by atoms with Crippen molar-refractivity contribution >= 4 is 0 Å². The van der Waals surface area contributed by atoms with Gasteiger partial charge >= 0.3 is 0 Å². The predicted octanol–water partition coefficient (Wildman–Crippen LogP) is 2.92. The van der Waals surface area contributed by atoms with Crippen LogP contribution in [0.4, 0.5) is 0 Å². The van der Waals surface area contributed by atoms with Gasteiger partial charge < -0.3 is 13.9 Å². The van der Waals surface area contributed by atoms with Crippen LogP contribution in [-0.2, 0) is 6.54 Å². The van der Waals surface area contributed by atoms with E-state index in [0.717, 1.165) is 49.5 Å². The fraction of sp³-hybridized carbons (Fsp3) is 0.400. The molecule has 0 amide bonds. The van der Waals surface area contributed by atoms with Gasteiger partial charge in [-0.05, 0) is 32.0 Å². The van der Waals surface area contributed by atoms with E-state index in [4.69, 9.17) is 13.9 Å². The third-order valence-corrected chi connectivity index (χ3v) is 5.04. The summed E-state index contributed by atoms with van der Waals surface area (Å²) in [5, 5.41) is 8.36. The highest BCUT2D eigenvalue weighted by atomic mass is 16.5. The number of methoxy groups -OCH3 is 2. The molecule has 3 aromatic rings. The van der Waals surface area contributed by atoms with Gasteiger partial charge in [0.1, 0.15) is 5.69 Å². The van der Waals surface area contributed by atoms with Crippen LogP contribution in [0.15, 0.2) is 41.2 Å². The standard InChI is InChI=1S/C20H23N5O3/c1-26-17-5-3-4-15(18(17)27-2)13-25-10-6-14(7-11-25)19-23-24-20(28-19)16-12-21-8-9-22-16/h3-5,8-9,12,14H,6-7,10-11,13H2,1-2H3. The van der Waals surface area contributed by atoms with E-state index in [0.29, 0.717) is 17.5 Å². The Morgan fingerprint density at radius 1 is 1.11 bits per heavy atom. The fourth-order valence-electron chi connectivity index (χ4n) is 3.57. The molecule has 0 aliphatic carbocycles. The molecule has 0 radical (unpaired) electrons. The SMILES string of the molecule is COc1cccc(CN2CCC(c3nnc(-c4cnccn4)o3)CC2)c1OC. The number of para-hydroxylation sites is 1. The van der Waals surface area contributed by atoms with Gasteiger partial charge in [-0.1, -0.05) is 12.1 Å². The Hall–Kier alpha value is -3.00. The van der Waals surface area contributed by atoms with Crippen molar-refractivity contribution in [2.24, 2.45) is 0 Å². The normalized spacial score (nSPS) is 15.5. The maximum atomic E-state index is 5.85. The Kier molecular flexibility index (Phi) is 5.48. The second-order valence-electron chi connectivity index (χ2n) is 6.74. The topological polar surface area (TPSA) is 86.4 Å². The highest BCUT2D eigenvalue weighted by Gasteiger charge is 2.26. The average Bonchev–Trinajstić information content (AvgIpc) is 3.25. The smallest absolute Gasteiger partial charge is 0.267 e. The summed E-state index contributed by atoms with van der Waals surface area (Å²) in [5.41, 5.74) is 1.73. The third-order valence-electron chi connectivity index (χ3n) is 5.04. The van der Waals surface area contributed by atoms with Gasteiger partial charge in [-0.3, -0.25) is 9.88 Å². The van der Waals surface area contributed by atoms with Crippen LogP contribution < -0.4 is 9.47 Å². The van der Waals surface area contributed by atoms with Crippen LogP contribution in [0.1, 0.15) is 30.2 Å². The Morgan fingerprint density at radius 3 is 2.68 bits per heavy atom. The van der Waals surface area contributed by atoms with Crippen LogP contribution in [0.5, 0.6) is 11.5 Å². The van der Waals surface area contributed by atoms with Crippen molar-refractivity contribution in [3.63, 3.8) is 0 Å². The van der Waals surface area contributed by atoms with E-state index in [1.54, 1.807) is 32.8 Å². The van der Waals surface area contributed by atoms with Crippen molar-refractivity contribution in [2.45, 2.75) is 25.3 Å². The van der Waals surface area contributed by atoms with E-state index in [1.165, 1.54) is 0 Å². The van der Waals surface area contributed by atoms with E-state index in [-0.39, 0.29) is 5.92 Å². The first-order valence-electron chi connectivity index (χ1n) is 9.30. The number of rotatable bonds is 6. The van der Waals surface area contributed by atoms with Crippen molar-refractivity contribution in [1.82, 2.24) is 25.1 Å². The molecule has 1 aromatic carbocycles. The van der Waals surface area contributed by atoms with Gasteiger partial charge in [0, 0.05) is 30.4 Å². The zero-order valence-electron chi connectivity index (χ0n) is 16.0. The molecule has 0 atom stereocenters. The van der Waals surface area contributed by atoms with Crippen LogP contribution in [0.25, 0.3) is 11.6 Å². The predicted molar refractivity (Wildman–Crippen MR) is 102 cm³/mol. The summed E-state index contributed by atoms with van der Waals surface area (Å²) < 4.78 is 16.8. The zero-order valence-corrected chi connectivity index (χ0v) is 16.0. The summed E-state index contributed by atoms with van der Waals surface area (Å²) >= 11 is 0. The minimum Gasteiger partial charge on any atom is -0.493 e. The lowest BCUT2D eigenvalue weighted by atomic mass is 9.96. The Morgan fingerprint density at radius 2 is 1.96 bits per heavy atom. The summed E-state index contributed by atoms with van der Waals surface area (Å²) in [6, 6.07) is 5.99. The quantitative estimate of drug-likeness (QED) is 0.644. The number of hydrogen-bond donors (Lipinski definition) is 0. The fourth-order valence-corrected chi connectivity index (χ4v) is 3.57. The summed E-state index contributed by atoms with van der Waals surface area (Å²) in [6.07, 6.45) is 6.79. The van der Waals surface area contributed by atoms with Crippen LogP contribution >= 0.6 is 0 Å². The molecule has 8 heteroatoms. The van der Waals surface area contributed by atoms with Crippen LogP contribution in [0.2, 0.25) is 0 Å². The minimum absolute atomic E-state index is 0.265. The molecule has 28 heavy (non-hydrogen) atoms. The first kappa shape index (κ1) is 18.4. The molecule has 4 rings (SSSR count). The van der Waals surface area contributed by atoms with E-state index >= 15 is 0 Å². The van der Waals surface area contributed by atoms with Crippen molar-refractivity contribution in [3.05, 3.63) is 48.2 Å². The number of likely N-dealkylation sites (tertiary alicyclic amines) is 1. The Balaban J connectivity index is 1.39. The molecule has 0 N–H and O–H groups in total. The third kappa shape index (κ3) is 3.82. The van der Waals surface area contributed by atoms with Gasteiger partial charge in [0.05, 0.1) is 20.4 Å². The van der Waals surface area contributed by atoms with Crippen molar-refractivity contribution in [3.8, 4) is 23.1 Å². The van der Waals surface area contributed by atoms with Gasteiger partial charge in [-0.15, -0.1) is 10.2 Å². The van der Waals surface area contributed by atoms with E-state index < -0.39 is 0 Å². The molecule has 1 aliphatic rings. The van der Waals surface area contributed by atoms with Gasteiger partial charge in [0.2, 0.25) is 5.89 Å². The number of ether oxygens (including phenoxy) is 2. The molecule has 0 spiro atoms. The summed E-state index contributed by atoms with van der Waals surface area (Å²) in [6.45, 7) is 2.73. The molecule has 1 aliphatic heterocycles. The van der Waals surface area contributed by atoms with E-state index in [9.17, 15) is 0 Å². The summed E-state index contributed by atoms with van der Waals surface area (Å²) in [4.78, 5) is 10.7. The lowest BCUT2D eigenvalue weighted by Crippen LogP contribution is -2.32. The number of aromatic nitrogens is 4. The van der Waals surface area contributed by atoms with Gasteiger partial charge in [0.25, 0.3) is 5.89 Å². The Labute approximate surface area is 163 Å². The lowest BCUT2D eigenvalue weighted by Gasteiger charge is -2.30. The van der Waals surface area contributed by atoms with Gasteiger partial charge in [0.15, 0.2) is 11.5 Å². The van der Waals surface area contributed by atoms with Gasteiger partial charge in [-0.25, -0.2) is 4.98 Å². The second kappa shape index (κ2) is 8.35. The average molecular weight is 381 g/mol. The van der Waals surface area contributed by atoms with Gasteiger partial charge in [-0.2, -0.15) is 0 Å². The molecule has 1 saturated heterocycles. The summed E-state index contributed by atoms with van der Waals surface area (Å²) in [7, 11) is 3.34. The zero-order chi connectivity index (χ0) is 19.3. The molecule has 1 fully saturated rings. The molecule has 0 unspecified atom stereocenters. The molecular formula is C20H23N5O3. The first-order valence-corrected chi connectivity index (χ1v) is 9.30. The molecule has 8 nitrogen and oxygen atoms in total. The van der Waals surface area contributed by atoms with E-state index in [1.807, 2.05) is 12.1 Å².